The highest BCUT2D eigenvalue weighted by molar-refractivity contribution is 7.91. The van der Waals surface area contributed by atoms with Gasteiger partial charge in [-0.1, -0.05) is 18.2 Å². The van der Waals surface area contributed by atoms with Crippen LogP contribution in [0, 0.1) is 24.7 Å². The number of hydrogen-bond donors (Lipinski definition) is 3. The number of ether oxygens (including phenoxy) is 1. The second-order valence-corrected chi connectivity index (χ2v) is 16.5. The minimum absolute atomic E-state index is 0.0476. The Balaban J connectivity index is 1.22. The van der Waals surface area contributed by atoms with Crippen LogP contribution in [-0.2, 0) is 35.3 Å². The first-order valence-electron chi connectivity index (χ1n) is 16.5. The van der Waals surface area contributed by atoms with Gasteiger partial charge in [-0.15, -0.1) is 11.3 Å². The van der Waals surface area contributed by atoms with Gasteiger partial charge in [0.2, 0.25) is 21.8 Å². The van der Waals surface area contributed by atoms with Crippen molar-refractivity contribution in [3.63, 3.8) is 0 Å². The Bertz CT molecular complexity index is 1830. The molecule has 0 unspecified atom stereocenters. The molecule has 0 saturated heterocycles. The maximum absolute atomic E-state index is 13.9. The number of fused-ring (bicyclic) bond motifs is 2. The van der Waals surface area contributed by atoms with Gasteiger partial charge in [0.05, 0.1) is 39.0 Å². The highest BCUT2D eigenvalue weighted by atomic mass is 32.2. The Morgan fingerprint density at radius 1 is 1.14 bits per heavy atom. The van der Waals surface area contributed by atoms with E-state index in [1.54, 1.807) is 19.4 Å². The number of nitrogens with zero attached hydrogens (tertiary/aromatic N) is 2. The fourth-order valence-corrected chi connectivity index (χ4v) is 8.69. The largest absolute Gasteiger partial charge is 0.446 e. The summed E-state index contributed by atoms with van der Waals surface area (Å²) >= 11 is 1.29. The molecule has 5 atom stereocenters. The van der Waals surface area contributed by atoms with E-state index >= 15 is 0 Å². The zero-order valence-electron chi connectivity index (χ0n) is 27.4. The summed E-state index contributed by atoms with van der Waals surface area (Å²) in [6.45, 7) is 2.16. The predicted octanol–water partition coefficient (Wildman–Crippen LogP) is 4.76. The van der Waals surface area contributed by atoms with Crippen LogP contribution in [0.4, 0.5) is 23.7 Å². The number of thiazole rings is 1. The van der Waals surface area contributed by atoms with Gasteiger partial charge in [0.25, 0.3) is 5.91 Å². The Morgan fingerprint density at radius 3 is 2.56 bits per heavy atom. The number of anilines is 1. The highest BCUT2D eigenvalue weighted by Crippen LogP contribution is 2.47. The number of halogens is 3. The molecule has 50 heavy (non-hydrogen) atoms. The molecule has 3 N–H and O–H groups in total. The molecule has 1 aromatic carbocycles. The number of benzene rings is 1. The van der Waals surface area contributed by atoms with Crippen molar-refractivity contribution >= 4 is 50.9 Å². The van der Waals surface area contributed by atoms with Crippen molar-refractivity contribution in [1.82, 2.24) is 19.9 Å². The predicted molar refractivity (Wildman–Crippen MR) is 177 cm³/mol. The molecule has 270 valence electrons. The van der Waals surface area contributed by atoms with Crippen LogP contribution in [0.2, 0.25) is 0 Å². The van der Waals surface area contributed by atoms with Crippen molar-refractivity contribution in [3.8, 4) is 11.3 Å². The summed E-state index contributed by atoms with van der Waals surface area (Å²) < 4.78 is 73.9. The molecule has 3 saturated carbocycles. The molecule has 3 aliphatic carbocycles. The minimum Gasteiger partial charge on any atom is -0.446 e. The number of sulfonamides is 1. The lowest BCUT2D eigenvalue weighted by molar-refractivity contribution is -0.140. The van der Waals surface area contributed by atoms with E-state index in [4.69, 9.17) is 4.74 Å². The fourth-order valence-electron chi connectivity index (χ4n) is 6.72. The second-order valence-electron chi connectivity index (χ2n) is 13.5. The third-order valence-corrected chi connectivity index (χ3v) is 12.3. The van der Waals surface area contributed by atoms with Gasteiger partial charge in [0.1, 0.15) is 11.6 Å². The highest BCUT2D eigenvalue weighted by Gasteiger charge is 2.62. The first-order chi connectivity index (χ1) is 23.6. The number of aryl methyl sites for hydroxylation is 1. The summed E-state index contributed by atoms with van der Waals surface area (Å²) in [5.41, 5.74) is -2.08. The first kappa shape index (κ1) is 35.8. The molecule has 1 aliphatic heterocycles. The number of allylic oxidation sites excluding steroid dienone is 1. The van der Waals surface area contributed by atoms with Crippen molar-refractivity contribution in [1.29, 1.82) is 0 Å². The maximum atomic E-state index is 13.9. The molecule has 0 bridgehead atoms. The molecule has 17 heteroatoms. The molecule has 1 aromatic heterocycles. The van der Waals surface area contributed by atoms with Crippen LogP contribution in [0.25, 0.3) is 11.3 Å². The lowest BCUT2D eigenvalue weighted by atomic mass is 9.93. The van der Waals surface area contributed by atoms with Gasteiger partial charge in [0.15, 0.2) is 0 Å². The zero-order chi connectivity index (χ0) is 36.0. The average Bonchev–Trinajstić information content (AvgIpc) is 3.93. The maximum Gasteiger partial charge on any atom is 0.416 e. The molecule has 3 fully saturated rings. The van der Waals surface area contributed by atoms with E-state index in [-0.39, 0.29) is 36.4 Å². The number of aromatic nitrogens is 1. The summed E-state index contributed by atoms with van der Waals surface area (Å²) in [4.78, 5) is 60.1. The fraction of sp³-hybridized carbons (Fsp3) is 0.545. The summed E-state index contributed by atoms with van der Waals surface area (Å²) in [6, 6.07) is 2.90. The molecule has 0 spiro atoms. The number of rotatable bonds is 6. The van der Waals surface area contributed by atoms with Crippen LogP contribution in [0.5, 0.6) is 0 Å². The van der Waals surface area contributed by atoms with Crippen LogP contribution in [-0.4, -0.2) is 72.6 Å². The van der Waals surface area contributed by atoms with Crippen LogP contribution in [0.3, 0.4) is 0 Å². The number of nitrogens with one attached hydrogen (secondary N) is 3. The number of carbonyl (C=O) groups excluding carboxylic acids is 4. The van der Waals surface area contributed by atoms with E-state index in [1.807, 2.05) is 12.2 Å². The lowest BCUT2D eigenvalue weighted by Gasteiger charge is -2.26. The van der Waals surface area contributed by atoms with E-state index in [2.05, 4.69) is 20.3 Å². The van der Waals surface area contributed by atoms with E-state index in [1.165, 1.54) is 22.3 Å². The molecule has 4 amide bonds. The third kappa shape index (κ3) is 7.67. The summed E-state index contributed by atoms with van der Waals surface area (Å²) in [5.74, 6) is -4.28. The van der Waals surface area contributed by atoms with E-state index in [0.717, 1.165) is 18.6 Å². The monoisotopic (exact) mass is 737 g/mol. The molecule has 12 nitrogen and oxygen atoms in total. The van der Waals surface area contributed by atoms with Crippen LogP contribution in [0.15, 0.2) is 35.7 Å². The first-order valence-corrected chi connectivity index (χ1v) is 18.9. The SMILES string of the molecule is Cc1nc(-c2ccc(C(F)(F)F)cc2NC(=O)O[C@@H]2C[C@H]3C(=O)N[C@]4(C(=O)NS(=O)(=O)C5CC5)C[C@H]4C=CCCCCN(C)C(=O)[C@@H]3C2)cs1. The van der Waals surface area contributed by atoms with Gasteiger partial charge >= 0.3 is 12.3 Å². The van der Waals surface area contributed by atoms with Crippen molar-refractivity contribution in [2.75, 3.05) is 18.9 Å². The Hall–Kier alpha value is -3.99. The second kappa shape index (κ2) is 13.6. The molecule has 0 radical (unpaired) electrons. The van der Waals surface area contributed by atoms with Gasteiger partial charge in [-0.05, 0) is 70.4 Å². The third-order valence-electron chi connectivity index (χ3n) is 9.75. The zero-order valence-corrected chi connectivity index (χ0v) is 29.1. The van der Waals surface area contributed by atoms with Gasteiger partial charge in [0, 0.05) is 30.5 Å². The Kier molecular flexibility index (Phi) is 9.76. The summed E-state index contributed by atoms with van der Waals surface area (Å²) in [5, 5.41) is 6.84. The normalized spacial score (nSPS) is 27.4. The number of amides is 4. The van der Waals surface area contributed by atoms with Gasteiger partial charge < -0.3 is 15.0 Å². The molecule has 2 aromatic rings. The van der Waals surface area contributed by atoms with E-state index in [9.17, 15) is 40.8 Å². The minimum atomic E-state index is -4.69. The molecular formula is C33H38F3N5O7S2. The van der Waals surface area contributed by atoms with Crippen LogP contribution in [0.1, 0.15) is 61.9 Å². The molecule has 4 aliphatic rings. The summed E-state index contributed by atoms with van der Waals surface area (Å²) in [6.07, 6.45) is -0.0549. The van der Waals surface area contributed by atoms with Crippen molar-refractivity contribution in [2.24, 2.45) is 17.8 Å². The number of carbonyl (C=O) groups is 4. The average molecular weight is 738 g/mol. The van der Waals surface area contributed by atoms with Crippen LogP contribution < -0.4 is 15.4 Å². The molecular weight excluding hydrogens is 700 g/mol. The Labute approximate surface area is 291 Å². The van der Waals surface area contributed by atoms with Gasteiger partial charge in [-0.3, -0.25) is 24.4 Å². The molecule has 6 rings (SSSR count). The topological polar surface area (TPSA) is 164 Å². The number of alkyl halides is 3. The van der Waals surface area contributed by atoms with Crippen LogP contribution >= 0.6 is 11.3 Å². The van der Waals surface area contributed by atoms with E-state index in [0.29, 0.717) is 42.9 Å². The van der Waals surface area contributed by atoms with Crippen molar-refractivity contribution in [2.45, 2.75) is 81.4 Å². The Morgan fingerprint density at radius 2 is 1.88 bits per heavy atom. The van der Waals surface area contributed by atoms with E-state index < -0.39 is 74.3 Å². The van der Waals surface area contributed by atoms with Gasteiger partial charge in [-0.2, -0.15) is 13.2 Å². The lowest BCUT2D eigenvalue weighted by Crippen LogP contribution is -2.54. The number of hydrogen-bond acceptors (Lipinski definition) is 9. The van der Waals surface area contributed by atoms with Crippen molar-refractivity contribution < 1.29 is 45.5 Å². The smallest absolute Gasteiger partial charge is 0.416 e. The van der Waals surface area contributed by atoms with Gasteiger partial charge in [-0.25, -0.2) is 18.2 Å². The quantitative estimate of drug-likeness (QED) is 0.358. The van der Waals surface area contributed by atoms with Crippen molar-refractivity contribution in [3.05, 3.63) is 46.3 Å². The summed E-state index contributed by atoms with van der Waals surface area (Å²) in [7, 11) is -2.29. The standard InChI is InChI=1S/C33H38F3N5O7S2/c1-18-37-27(17-49-18)23-11-8-19(33(34,35)36)13-26(23)38-31(45)48-21-14-24-25(15-21)29(43)41(2)12-6-4-3-5-7-20-16-32(20,39-28(24)42)30(44)40-50(46,47)22-9-10-22/h5,7-8,11,13,17,20-22,24-25H,3-4,6,9-10,12,14-16H2,1-2H3,(H,38,45)(H,39,42)(H,40,44)/t20-,21-,24-,25-,32-/m1/s1. The molecule has 2 heterocycles.